The molecule has 0 atom stereocenters. The lowest BCUT2D eigenvalue weighted by Crippen LogP contribution is -2.08. The number of anilines is 1. The number of rotatable bonds is 1. The van der Waals surface area contributed by atoms with E-state index >= 15 is 0 Å². The van der Waals surface area contributed by atoms with E-state index < -0.39 is 11.7 Å². The zero-order chi connectivity index (χ0) is 10.1. The van der Waals surface area contributed by atoms with E-state index in [9.17, 15) is 13.2 Å². The zero-order valence-corrected chi connectivity index (χ0v) is 7.50. The van der Waals surface area contributed by atoms with Crippen molar-refractivity contribution in [1.82, 2.24) is 0 Å². The van der Waals surface area contributed by atoms with E-state index in [0.29, 0.717) is 0 Å². The van der Waals surface area contributed by atoms with Crippen LogP contribution in [0.4, 0.5) is 18.9 Å². The van der Waals surface area contributed by atoms with Gasteiger partial charge in [-0.1, -0.05) is 6.07 Å². The molecule has 5 heteroatoms. The van der Waals surface area contributed by atoms with E-state index in [1.165, 1.54) is 19.1 Å². The Morgan fingerprint density at radius 3 is 2.38 bits per heavy atom. The summed E-state index contributed by atoms with van der Waals surface area (Å²) in [6.45, 7) is 1.37. The predicted octanol–water partition coefficient (Wildman–Crippen LogP) is 3.58. The third-order valence-electron chi connectivity index (χ3n) is 1.74. The molecule has 0 amide bonds. The highest BCUT2D eigenvalue weighted by Gasteiger charge is 2.32. The monoisotopic (exact) mass is 209 g/mol. The molecule has 13 heavy (non-hydrogen) atoms. The van der Waals surface area contributed by atoms with Crippen LogP contribution in [0.2, 0.25) is 0 Å². The molecule has 0 unspecified atom stereocenters. The van der Waals surface area contributed by atoms with Gasteiger partial charge in [-0.25, -0.2) is 0 Å². The Labute approximate surface area is 78.6 Å². The molecule has 0 bridgehead atoms. The summed E-state index contributed by atoms with van der Waals surface area (Å²) in [6, 6.07) is 3.81. The van der Waals surface area contributed by atoms with E-state index in [1.807, 2.05) is 0 Å². The molecular formula is C8H7ClF3N. The first-order chi connectivity index (χ1) is 5.96. The van der Waals surface area contributed by atoms with Crippen LogP contribution in [0.25, 0.3) is 0 Å². The maximum absolute atomic E-state index is 12.3. The van der Waals surface area contributed by atoms with E-state index in [4.69, 9.17) is 11.8 Å². The molecular weight excluding hydrogens is 203 g/mol. The van der Waals surface area contributed by atoms with Gasteiger partial charge < -0.3 is 0 Å². The largest absolute Gasteiger partial charge is 0.416 e. The maximum Gasteiger partial charge on any atom is 0.416 e. The molecule has 0 aromatic heterocycles. The molecule has 1 N–H and O–H groups in total. The fourth-order valence-electron chi connectivity index (χ4n) is 1.05. The predicted molar refractivity (Wildman–Crippen MR) is 45.7 cm³/mol. The molecule has 72 valence electrons. The van der Waals surface area contributed by atoms with Crippen molar-refractivity contribution >= 4 is 17.5 Å². The van der Waals surface area contributed by atoms with Gasteiger partial charge in [0, 0.05) is 11.8 Å². The SMILES string of the molecule is Cc1c(NCl)cccc1C(F)(F)F. The molecule has 0 aliphatic carbocycles. The molecule has 0 spiro atoms. The van der Waals surface area contributed by atoms with Crippen LogP contribution in [0.3, 0.4) is 0 Å². The molecule has 0 heterocycles. The van der Waals surface area contributed by atoms with Gasteiger partial charge in [0.15, 0.2) is 0 Å². The first-order valence-corrected chi connectivity index (χ1v) is 3.88. The van der Waals surface area contributed by atoms with E-state index in [0.717, 1.165) is 6.07 Å². The van der Waals surface area contributed by atoms with E-state index in [2.05, 4.69) is 4.84 Å². The smallest absolute Gasteiger partial charge is 0.298 e. The highest BCUT2D eigenvalue weighted by molar-refractivity contribution is 6.24. The van der Waals surface area contributed by atoms with Gasteiger partial charge in [0.05, 0.1) is 11.3 Å². The van der Waals surface area contributed by atoms with Gasteiger partial charge in [-0.15, -0.1) is 0 Å². The van der Waals surface area contributed by atoms with Gasteiger partial charge in [-0.05, 0) is 24.6 Å². The molecule has 1 aromatic carbocycles. The fraction of sp³-hybridized carbons (Fsp3) is 0.250. The molecule has 0 aliphatic rings. The minimum Gasteiger partial charge on any atom is -0.298 e. The Balaban J connectivity index is 3.24. The van der Waals surface area contributed by atoms with Gasteiger partial charge in [0.1, 0.15) is 0 Å². The lowest BCUT2D eigenvalue weighted by molar-refractivity contribution is -0.138. The second-order valence-electron chi connectivity index (χ2n) is 2.57. The Morgan fingerprint density at radius 2 is 1.92 bits per heavy atom. The highest BCUT2D eigenvalue weighted by Crippen LogP contribution is 2.34. The molecule has 1 aromatic rings. The average molecular weight is 210 g/mol. The van der Waals surface area contributed by atoms with Crippen molar-refractivity contribution in [3.63, 3.8) is 0 Å². The molecule has 0 aliphatic heterocycles. The van der Waals surface area contributed by atoms with Crippen LogP contribution in [0, 0.1) is 6.92 Å². The molecule has 1 rings (SSSR count). The van der Waals surface area contributed by atoms with Gasteiger partial charge >= 0.3 is 6.18 Å². The van der Waals surface area contributed by atoms with Gasteiger partial charge in [0.2, 0.25) is 0 Å². The Hall–Kier alpha value is -0.900. The highest BCUT2D eigenvalue weighted by atomic mass is 35.5. The van der Waals surface area contributed by atoms with Crippen molar-refractivity contribution in [2.75, 3.05) is 4.84 Å². The van der Waals surface area contributed by atoms with Gasteiger partial charge in [-0.3, -0.25) is 4.84 Å². The van der Waals surface area contributed by atoms with Crippen LogP contribution in [-0.2, 0) is 6.18 Å². The van der Waals surface area contributed by atoms with Crippen molar-refractivity contribution in [1.29, 1.82) is 0 Å². The Morgan fingerprint density at radius 1 is 1.31 bits per heavy atom. The summed E-state index contributed by atoms with van der Waals surface area (Å²) < 4.78 is 36.9. The van der Waals surface area contributed by atoms with Crippen molar-refractivity contribution in [3.8, 4) is 0 Å². The second-order valence-corrected chi connectivity index (χ2v) is 2.76. The average Bonchev–Trinajstić information content (AvgIpc) is 2.02. The summed E-state index contributed by atoms with van der Waals surface area (Å²) in [7, 11) is 0. The van der Waals surface area contributed by atoms with Crippen molar-refractivity contribution in [3.05, 3.63) is 29.3 Å². The van der Waals surface area contributed by atoms with Crippen molar-refractivity contribution < 1.29 is 13.2 Å². The Bertz CT molecular complexity index is 309. The summed E-state index contributed by atoms with van der Waals surface area (Å²) in [5.41, 5.74) is -0.292. The number of hydrogen-bond acceptors (Lipinski definition) is 1. The van der Waals surface area contributed by atoms with Crippen LogP contribution in [-0.4, -0.2) is 0 Å². The molecule has 0 saturated heterocycles. The van der Waals surface area contributed by atoms with E-state index in [-0.39, 0.29) is 11.3 Å². The quantitative estimate of drug-likeness (QED) is 0.697. The standard InChI is InChI=1S/C8H7ClF3N/c1-5-6(8(10,11)12)3-2-4-7(5)13-9/h2-4,13H,1H3. The lowest BCUT2D eigenvalue weighted by atomic mass is 10.1. The third kappa shape index (κ3) is 2.06. The van der Waals surface area contributed by atoms with Gasteiger partial charge in [0.25, 0.3) is 0 Å². The summed E-state index contributed by atoms with van der Waals surface area (Å²) in [4.78, 5) is 2.18. The van der Waals surface area contributed by atoms with Crippen LogP contribution < -0.4 is 4.84 Å². The molecule has 1 nitrogen and oxygen atoms in total. The second kappa shape index (κ2) is 3.46. The zero-order valence-electron chi connectivity index (χ0n) is 6.74. The summed E-state index contributed by atoms with van der Waals surface area (Å²) in [5, 5.41) is 0. The number of benzene rings is 1. The first-order valence-electron chi connectivity index (χ1n) is 3.50. The minimum absolute atomic E-state index is 0.102. The lowest BCUT2D eigenvalue weighted by Gasteiger charge is -2.12. The number of nitrogens with one attached hydrogen (secondary N) is 1. The van der Waals surface area contributed by atoms with Crippen LogP contribution >= 0.6 is 11.8 Å². The number of hydrogen-bond donors (Lipinski definition) is 1. The molecule has 0 saturated carbocycles. The fourth-order valence-corrected chi connectivity index (χ4v) is 1.25. The van der Waals surface area contributed by atoms with Crippen LogP contribution in [0.1, 0.15) is 11.1 Å². The third-order valence-corrected chi connectivity index (χ3v) is 1.94. The van der Waals surface area contributed by atoms with Crippen molar-refractivity contribution in [2.24, 2.45) is 0 Å². The van der Waals surface area contributed by atoms with Gasteiger partial charge in [-0.2, -0.15) is 13.2 Å². The Kier molecular flexibility index (Phi) is 2.71. The first kappa shape index (κ1) is 10.2. The minimum atomic E-state index is -4.33. The van der Waals surface area contributed by atoms with E-state index in [1.54, 1.807) is 0 Å². The summed E-state index contributed by atoms with van der Waals surface area (Å²) >= 11 is 5.24. The summed E-state index contributed by atoms with van der Waals surface area (Å²) in [5.74, 6) is 0. The normalized spacial score (nSPS) is 11.5. The van der Waals surface area contributed by atoms with Crippen molar-refractivity contribution in [2.45, 2.75) is 13.1 Å². The van der Waals surface area contributed by atoms with Crippen LogP contribution in [0.5, 0.6) is 0 Å². The topological polar surface area (TPSA) is 12.0 Å². The maximum atomic E-state index is 12.3. The number of alkyl halides is 3. The van der Waals surface area contributed by atoms with Crippen LogP contribution in [0.15, 0.2) is 18.2 Å². The molecule has 0 radical (unpaired) electrons. The number of halogens is 4. The summed E-state index contributed by atoms with van der Waals surface area (Å²) in [6.07, 6.45) is -4.33. The molecule has 0 fully saturated rings.